The van der Waals surface area contributed by atoms with Gasteiger partial charge in [0.05, 0.1) is 0 Å². The van der Waals surface area contributed by atoms with Crippen LogP contribution in [0.15, 0.2) is 18.2 Å². The maximum absolute atomic E-state index is 13.2. The molecule has 0 aromatic heterocycles. The number of amides is 4. The highest BCUT2D eigenvalue weighted by molar-refractivity contribution is 6.10. The number of anilines is 1. The van der Waals surface area contributed by atoms with Gasteiger partial charge in [0.15, 0.2) is 0 Å². The number of imide groups is 1. The molecule has 7 heteroatoms. The molecule has 0 atom stereocenters. The molecule has 1 saturated heterocycles. The van der Waals surface area contributed by atoms with E-state index in [9.17, 15) is 18.8 Å². The highest BCUT2D eigenvalue weighted by Gasteiger charge is 2.49. The van der Waals surface area contributed by atoms with E-state index in [1.807, 2.05) is 0 Å². The Morgan fingerprint density at radius 1 is 1.30 bits per heavy atom. The van der Waals surface area contributed by atoms with Gasteiger partial charge in [-0.1, -0.05) is 19.9 Å². The second-order valence-corrected chi connectivity index (χ2v) is 5.62. The lowest BCUT2D eigenvalue weighted by atomic mass is 9.93. The molecule has 6 nitrogen and oxygen atoms in total. The van der Waals surface area contributed by atoms with Crippen LogP contribution in [0.4, 0.5) is 14.9 Å². The van der Waals surface area contributed by atoms with Gasteiger partial charge in [0.2, 0.25) is 5.91 Å². The number of urea groups is 1. The zero-order valence-electron chi connectivity index (χ0n) is 13.4. The Hall–Kier alpha value is -2.44. The van der Waals surface area contributed by atoms with Gasteiger partial charge in [-0.3, -0.25) is 14.5 Å². The Morgan fingerprint density at radius 3 is 2.52 bits per heavy atom. The molecule has 124 valence electrons. The van der Waals surface area contributed by atoms with E-state index in [4.69, 9.17) is 0 Å². The van der Waals surface area contributed by atoms with Crippen molar-refractivity contribution in [3.63, 3.8) is 0 Å². The molecule has 0 radical (unpaired) electrons. The molecule has 1 aliphatic rings. The normalized spacial score (nSPS) is 16.4. The molecule has 1 aliphatic heterocycles. The molecule has 1 fully saturated rings. The summed E-state index contributed by atoms with van der Waals surface area (Å²) in [4.78, 5) is 37.4. The fourth-order valence-electron chi connectivity index (χ4n) is 2.61. The molecule has 1 heterocycles. The van der Waals surface area contributed by atoms with E-state index in [0.717, 1.165) is 4.90 Å². The SMILES string of the molecule is CCC1(CC)NC(=O)N(CC(=O)Nc2cc(F)ccc2C)C1=O. The fourth-order valence-corrected chi connectivity index (χ4v) is 2.61. The summed E-state index contributed by atoms with van der Waals surface area (Å²) in [6, 6.07) is 3.45. The van der Waals surface area contributed by atoms with Crippen molar-refractivity contribution in [3.05, 3.63) is 29.6 Å². The van der Waals surface area contributed by atoms with E-state index in [-0.39, 0.29) is 0 Å². The van der Waals surface area contributed by atoms with Gasteiger partial charge in [0.25, 0.3) is 5.91 Å². The van der Waals surface area contributed by atoms with Gasteiger partial charge < -0.3 is 10.6 Å². The molecular weight excluding hydrogens is 301 g/mol. The highest BCUT2D eigenvalue weighted by Crippen LogP contribution is 2.25. The van der Waals surface area contributed by atoms with E-state index < -0.39 is 35.7 Å². The van der Waals surface area contributed by atoms with Crippen LogP contribution in [0.1, 0.15) is 32.3 Å². The lowest BCUT2D eigenvalue weighted by molar-refractivity contribution is -0.134. The van der Waals surface area contributed by atoms with Crippen LogP contribution in [-0.2, 0) is 9.59 Å². The molecule has 4 amide bonds. The number of benzene rings is 1. The second kappa shape index (κ2) is 6.36. The van der Waals surface area contributed by atoms with Gasteiger partial charge in [0, 0.05) is 5.69 Å². The molecule has 1 aromatic carbocycles. The van der Waals surface area contributed by atoms with E-state index in [1.54, 1.807) is 20.8 Å². The molecule has 0 saturated carbocycles. The van der Waals surface area contributed by atoms with Crippen LogP contribution in [0.25, 0.3) is 0 Å². The number of halogens is 1. The summed E-state index contributed by atoms with van der Waals surface area (Å²) in [6.07, 6.45) is 0.907. The summed E-state index contributed by atoms with van der Waals surface area (Å²) < 4.78 is 13.2. The first-order chi connectivity index (χ1) is 10.8. The zero-order chi connectivity index (χ0) is 17.2. The topological polar surface area (TPSA) is 78.5 Å². The Bertz CT molecular complexity index is 656. The van der Waals surface area contributed by atoms with E-state index >= 15 is 0 Å². The van der Waals surface area contributed by atoms with Gasteiger partial charge in [-0.25, -0.2) is 9.18 Å². The Balaban J connectivity index is 2.10. The molecule has 0 aliphatic carbocycles. The Morgan fingerprint density at radius 2 is 1.96 bits per heavy atom. The average molecular weight is 321 g/mol. The van der Waals surface area contributed by atoms with Crippen LogP contribution in [0.2, 0.25) is 0 Å². The van der Waals surface area contributed by atoms with Crippen LogP contribution >= 0.6 is 0 Å². The van der Waals surface area contributed by atoms with E-state index in [2.05, 4.69) is 10.6 Å². The molecule has 23 heavy (non-hydrogen) atoms. The van der Waals surface area contributed by atoms with E-state index in [1.165, 1.54) is 18.2 Å². The molecule has 0 spiro atoms. The number of nitrogens with one attached hydrogen (secondary N) is 2. The standard InChI is InChI=1S/C16H20FN3O3/c1-4-16(5-2)14(22)20(15(23)19-16)9-13(21)18-12-8-11(17)7-6-10(12)3/h6-8H,4-5,9H2,1-3H3,(H,18,21)(H,19,23). The first-order valence-corrected chi connectivity index (χ1v) is 7.53. The number of hydrogen-bond donors (Lipinski definition) is 2. The fraction of sp³-hybridized carbons (Fsp3) is 0.438. The number of aryl methyl sites for hydroxylation is 1. The predicted molar refractivity (Wildman–Crippen MR) is 83.3 cm³/mol. The summed E-state index contributed by atoms with van der Waals surface area (Å²) in [5.74, 6) is -1.43. The van der Waals surface area contributed by atoms with Crippen molar-refractivity contribution in [1.29, 1.82) is 0 Å². The van der Waals surface area contributed by atoms with Crippen LogP contribution in [0, 0.1) is 12.7 Å². The van der Waals surface area contributed by atoms with Crippen molar-refractivity contribution in [2.24, 2.45) is 0 Å². The smallest absolute Gasteiger partial charge is 0.324 e. The van der Waals surface area contributed by atoms with Crippen LogP contribution in [-0.4, -0.2) is 34.8 Å². The van der Waals surface area contributed by atoms with Crippen molar-refractivity contribution in [3.8, 4) is 0 Å². The summed E-state index contributed by atoms with van der Waals surface area (Å²) in [5.41, 5.74) is 0.0688. The van der Waals surface area contributed by atoms with E-state index in [0.29, 0.717) is 24.1 Å². The first-order valence-electron chi connectivity index (χ1n) is 7.53. The minimum absolute atomic E-state index is 0.319. The zero-order valence-corrected chi connectivity index (χ0v) is 13.4. The number of hydrogen-bond acceptors (Lipinski definition) is 3. The summed E-state index contributed by atoms with van der Waals surface area (Å²) in [6.45, 7) is 4.94. The summed E-state index contributed by atoms with van der Waals surface area (Å²) in [5, 5.41) is 5.18. The number of carbonyl (C=O) groups is 3. The van der Waals surface area contributed by atoms with Gasteiger partial charge in [-0.2, -0.15) is 0 Å². The second-order valence-electron chi connectivity index (χ2n) is 5.62. The maximum atomic E-state index is 13.2. The van der Waals surface area contributed by atoms with Gasteiger partial charge in [0.1, 0.15) is 17.9 Å². The van der Waals surface area contributed by atoms with Crippen molar-refractivity contribution >= 4 is 23.5 Å². The number of nitrogens with zero attached hydrogens (tertiary/aromatic N) is 1. The molecule has 0 unspecified atom stereocenters. The van der Waals surface area contributed by atoms with Gasteiger partial charge in [-0.15, -0.1) is 0 Å². The average Bonchev–Trinajstić information content (AvgIpc) is 2.75. The lowest BCUT2D eigenvalue weighted by Gasteiger charge is -2.23. The number of carbonyl (C=O) groups excluding carboxylic acids is 3. The third-order valence-electron chi connectivity index (χ3n) is 4.23. The third kappa shape index (κ3) is 3.18. The molecule has 1 aromatic rings. The third-order valence-corrected chi connectivity index (χ3v) is 4.23. The highest BCUT2D eigenvalue weighted by atomic mass is 19.1. The van der Waals surface area contributed by atoms with Gasteiger partial charge >= 0.3 is 6.03 Å². The minimum Gasteiger partial charge on any atom is -0.324 e. The van der Waals surface area contributed by atoms with Crippen LogP contribution in [0.3, 0.4) is 0 Å². The monoisotopic (exact) mass is 321 g/mol. The van der Waals surface area contributed by atoms with Crippen molar-refractivity contribution in [1.82, 2.24) is 10.2 Å². The first kappa shape index (κ1) is 16.9. The molecule has 2 N–H and O–H groups in total. The quantitative estimate of drug-likeness (QED) is 0.816. The predicted octanol–water partition coefficient (Wildman–Crippen LogP) is 2.18. The minimum atomic E-state index is -0.938. The molecule has 2 rings (SSSR count). The molecular formula is C16H20FN3O3. The Labute approximate surface area is 134 Å². The summed E-state index contributed by atoms with van der Waals surface area (Å²) >= 11 is 0. The Kier molecular flexibility index (Phi) is 4.68. The van der Waals surface area contributed by atoms with Crippen molar-refractivity contribution in [2.75, 3.05) is 11.9 Å². The van der Waals surface area contributed by atoms with Crippen molar-refractivity contribution in [2.45, 2.75) is 39.2 Å². The van der Waals surface area contributed by atoms with Crippen molar-refractivity contribution < 1.29 is 18.8 Å². The maximum Gasteiger partial charge on any atom is 0.325 e. The van der Waals surface area contributed by atoms with Gasteiger partial charge in [-0.05, 0) is 37.5 Å². The number of rotatable bonds is 5. The lowest BCUT2D eigenvalue weighted by Crippen LogP contribution is -2.46. The molecule has 0 bridgehead atoms. The van der Waals surface area contributed by atoms with Crippen LogP contribution < -0.4 is 10.6 Å². The largest absolute Gasteiger partial charge is 0.325 e. The van der Waals surface area contributed by atoms with Crippen LogP contribution in [0.5, 0.6) is 0 Å². The summed E-state index contributed by atoms with van der Waals surface area (Å²) in [7, 11) is 0.